The molecule has 0 unspecified atom stereocenters. The number of hydrogen-bond acceptors (Lipinski definition) is 7. The van der Waals surface area contributed by atoms with E-state index in [4.69, 9.17) is 13.6 Å². The van der Waals surface area contributed by atoms with Crippen molar-refractivity contribution in [3.05, 3.63) is 60.0 Å². The topological polar surface area (TPSA) is 111 Å². The van der Waals surface area contributed by atoms with Gasteiger partial charge in [-0.1, -0.05) is 59.7 Å². The Kier molecular flexibility index (Phi) is 8.83. The lowest BCUT2D eigenvalue weighted by molar-refractivity contribution is -0.0671. The number of nitrogens with zero attached hydrogens (tertiary/aromatic N) is 4. The summed E-state index contributed by atoms with van der Waals surface area (Å²) in [5, 5.41) is 13.1. The number of halogens is 1. The Hall–Kier alpha value is -2.96. The normalized spacial score (nSPS) is 23.3. The molecule has 4 atom stereocenters. The zero-order valence-corrected chi connectivity index (χ0v) is 28.9. The first kappa shape index (κ1) is 32.9. The molecule has 1 aliphatic heterocycles. The molecule has 3 heterocycles. The van der Waals surface area contributed by atoms with Crippen LogP contribution in [0.5, 0.6) is 0 Å². The second-order valence-electron chi connectivity index (χ2n) is 14.4. The third-order valence-corrected chi connectivity index (χ3v) is 18.2. The van der Waals surface area contributed by atoms with Gasteiger partial charge in [-0.25, -0.2) is 14.4 Å². The van der Waals surface area contributed by atoms with Crippen LogP contribution in [-0.2, 0) is 13.6 Å². The lowest BCUT2D eigenvalue weighted by Gasteiger charge is -2.43. The SMILES string of the molecule is CC(C)(C)[Si](C)(C)OC[C@@]1(C#N)O[C@@H](c2cc3ncnc(NC(=O)c4ccccc4)n3c2)[C@H](F)[C@@H]1O[Si](C)(C)C(C)(C)C. The van der Waals surface area contributed by atoms with E-state index in [1.54, 1.807) is 40.9 Å². The first-order valence-electron chi connectivity index (χ1n) is 14.6. The summed E-state index contributed by atoms with van der Waals surface area (Å²) in [5.41, 5.74) is -0.301. The Balaban J connectivity index is 1.72. The lowest BCUT2D eigenvalue weighted by Crippen LogP contribution is -2.56. The van der Waals surface area contributed by atoms with E-state index in [2.05, 4.69) is 76.0 Å². The van der Waals surface area contributed by atoms with Crippen LogP contribution in [0.25, 0.3) is 5.65 Å². The number of carbonyl (C=O) groups excluding carboxylic acids is 1. The Bertz CT molecular complexity index is 1510. The Morgan fingerprint density at radius 3 is 2.30 bits per heavy atom. The fourth-order valence-electron chi connectivity index (χ4n) is 4.38. The van der Waals surface area contributed by atoms with Crippen molar-refractivity contribution in [2.45, 2.75) is 102 Å². The number of aromatic nitrogens is 3. The molecule has 232 valence electrons. The number of amides is 1. The first-order valence-corrected chi connectivity index (χ1v) is 20.4. The predicted octanol–water partition coefficient (Wildman–Crippen LogP) is 7.07. The molecule has 9 nitrogen and oxygen atoms in total. The quantitative estimate of drug-likeness (QED) is 0.267. The number of ether oxygens (including phenoxy) is 1. The van der Waals surface area contributed by atoms with Crippen LogP contribution in [0.4, 0.5) is 10.3 Å². The van der Waals surface area contributed by atoms with Crippen molar-refractivity contribution in [2.75, 3.05) is 11.9 Å². The summed E-state index contributed by atoms with van der Waals surface area (Å²) < 4.78 is 37.8. The number of anilines is 1. The van der Waals surface area contributed by atoms with Gasteiger partial charge in [-0.2, -0.15) is 5.26 Å². The van der Waals surface area contributed by atoms with Gasteiger partial charge in [0.2, 0.25) is 11.5 Å². The standard InChI is InChI=1S/C31H44FN5O4Si2/c1-29(2,3)42(7,8)39-19-31(18-33)26(41-43(9,10)30(4,5)6)24(32)25(40-31)22-16-23-34-20-35-28(37(23)17-22)36-27(38)21-14-12-11-13-15-21/h11-17,20,24-26H,19H2,1-10H3,(H,34,35,36,38)/t24-,25-,26-,31+/m0/s1. The molecule has 2 aromatic heterocycles. The molecule has 1 amide bonds. The van der Waals surface area contributed by atoms with Crippen molar-refractivity contribution in [1.29, 1.82) is 5.26 Å². The van der Waals surface area contributed by atoms with Crippen molar-refractivity contribution in [2.24, 2.45) is 0 Å². The Morgan fingerprint density at radius 2 is 1.72 bits per heavy atom. The summed E-state index contributed by atoms with van der Waals surface area (Å²) in [6, 6.07) is 12.7. The minimum absolute atomic E-state index is 0.109. The van der Waals surface area contributed by atoms with E-state index in [-0.39, 0.29) is 28.5 Å². The highest BCUT2D eigenvalue weighted by Gasteiger charge is 2.61. The Morgan fingerprint density at radius 1 is 1.09 bits per heavy atom. The second-order valence-corrected chi connectivity index (χ2v) is 23.9. The molecule has 1 saturated heterocycles. The highest BCUT2D eigenvalue weighted by atomic mass is 28.4. The van der Waals surface area contributed by atoms with Gasteiger partial charge in [-0.05, 0) is 54.5 Å². The monoisotopic (exact) mass is 625 g/mol. The maximum atomic E-state index is 16.7. The Labute approximate surface area is 256 Å². The van der Waals surface area contributed by atoms with Gasteiger partial charge >= 0.3 is 0 Å². The molecule has 1 aliphatic rings. The van der Waals surface area contributed by atoms with Crippen LogP contribution in [0.2, 0.25) is 36.3 Å². The van der Waals surface area contributed by atoms with Crippen molar-refractivity contribution >= 4 is 34.1 Å². The first-order chi connectivity index (χ1) is 19.8. The number of nitriles is 1. The van der Waals surface area contributed by atoms with Gasteiger partial charge in [-0.15, -0.1) is 0 Å². The molecular formula is C31H44FN5O4Si2. The van der Waals surface area contributed by atoms with Gasteiger partial charge in [0.1, 0.15) is 30.3 Å². The van der Waals surface area contributed by atoms with Gasteiger partial charge in [0.25, 0.3) is 5.91 Å². The number of benzene rings is 1. The predicted molar refractivity (Wildman–Crippen MR) is 170 cm³/mol. The summed E-state index contributed by atoms with van der Waals surface area (Å²) in [5.74, 6) is -0.120. The van der Waals surface area contributed by atoms with Gasteiger partial charge in [0.05, 0.1) is 6.61 Å². The zero-order chi connectivity index (χ0) is 32.0. The molecule has 1 aromatic carbocycles. The molecule has 0 aliphatic carbocycles. The van der Waals surface area contributed by atoms with Gasteiger partial charge in [-0.3, -0.25) is 14.5 Å². The van der Waals surface area contributed by atoms with E-state index >= 15 is 4.39 Å². The van der Waals surface area contributed by atoms with Crippen LogP contribution in [-0.4, -0.2) is 61.4 Å². The summed E-state index contributed by atoms with van der Waals surface area (Å²) in [6.45, 7) is 20.7. The van der Waals surface area contributed by atoms with Gasteiger partial charge < -0.3 is 13.6 Å². The van der Waals surface area contributed by atoms with E-state index in [1.165, 1.54) is 6.33 Å². The average Bonchev–Trinajstić information content (AvgIpc) is 3.47. The number of rotatable bonds is 8. The van der Waals surface area contributed by atoms with Crippen molar-refractivity contribution in [3.63, 3.8) is 0 Å². The zero-order valence-electron chi connectivity index (χ0n) is 26.9. The van der Waals surface area contributed by atoms with Gasteiger partial charge in [0.15, 0.2) is 22.8 Å². The summed E-state index contributed by atoms with van der Waals surface area (Å²) in [6.07, 6.45) is -0.988. The molecule has 0 radical (unpaired) electrons. The van der Waals surface area contributed by atoms with Gasteiger partial charge in [0, 0.05) is 17.3 Å². The second kappa shape index (κ2) is 11.5. The molecule has 43 heavy (non-hydrogen) atoms. The third-order valence-electron chi connectivity index (χ3n) is 9.25. The summed E-state index contributed by atoms with van der Waals surface area (Å²) in [7, 11) is -4.86. The highest BCUT2D eigenvalue weighted by molar-refractivity contribution is 6.74. The minimum Gasteiger partial charge on any atom is -0.413 e. The number of nitrogens with one attached hydrogen (secondary N) is 1. The number of hydrogen-bond donors (Lipinski definition) is 1. The van der Waals surface area contributed by atoms with E-state index in [1.807, 2.05) is 19.2 Å². The van der Waals surface area contributed by atoms with E-state index in [0.29, 0.717) is 16.8 Å². The van der Waals surface area contributed by atoms with Crippen molar-refractivity contribution < 1.29 is 22.8 Å². The van der Waals surface area contributed by atoms with E-state index in [9.17, 15) is 10.1 Å². The average molecular weight is 626 g/mol. The van der Waals surface area contributed by atoms with Crippen LogP contribution in [0, 0.1) is 11.3 Å². The highest BCUT2D eigenvalue weighted by Crippen LogP contribution is 2.49. The molecule has 4 rings (SSSR count). The van der Waals surface area contributed by atoms with E-state index < -0.39 is 40.6 Å². The molecule has 0 spiro atoms. The molecule has 1 N–H and O–H groups in total. The number of alkyl halides is 1. The summed E-state index contributed by atoms with van der Waals surface area (Å²) >= 11 is 0. The molecule has 3 aromatic rings. The molecule has 0 saturated carbocycles. The maximum absolute atomic E-state index is 16.7. The van der Waals surface area contributed by atoms with Crippen LogP contribution < -0.4 is 5.32 Å². The fourth-order valence-corrected chi connectivity index (χ4v) is 6.70. The van der Waals surface area contributed by atoms with Crippen molar-refractivity contribution in [1.82, 2.24) is 14.4 Å². The van der Waals surface area contributed by atoms with E-state index in [0.717, 1.165) is 0 Å². The number of carbonyl (C=O) groups is 1. The van der Waals surface area contributed by atoms with Crippen molar-refractivity contribution in [3.8, 4) is 6.07 Å². The van der Waals surface area contributed by atoms with Crippen LogP contribution in [0.1, 0.15) is 63.6 Å². The lowest BCUT2D eigenvalue weighted by atomic mass is 9.96. The fraction of sp³-hybridized carbons (Fsp3) is 0.548. The molecule has 0 bridgehead atoms. The summed E-state index contributed by atoms with van der Waals surface area (Å²) in [4.78, 5) is 21.4. The minimum atomic E-state index is -2.54. The molecule has 12 heteroatoms. The largest absolute Gasteiger partial charge is 0.413 e. The van der Waals surface area contributed by atoms with Crippen LogP contribution in [0.15, 0.2) is 48.9 Å². The smallest absolute Gasteiger partial charge is 0.257 e. The van der Waals surface area contributed by atoms with Crippen LogP contribution in [0.3, 0.4) is 0 Å². The maximum Gasteiger partial charge on any atom is 0.257 e. The molecule has 1 fully saturated rings. The number of fused-ring (bicyclic) bond motifs is 1. The molecular weight excluding hydrogens is 582 g/mol. The third kappa shape index (κ3) is 6.46. The van der Waals surface area contributed by atoms with Crippen LogP contribution >= 0.6 is 0 Å².